The van der Waals surface area contributed by atoms with Gasteiger partial charge < -0.3 is 14.3 Å². The summed E-state index contributed by atoms with van der Waals surface area (Å²) in [6.07, 6.45) is 0.847. The summed E-state index contributed by atoms with van der Waals surface area (Å²) in [6.45, 7) is 2.49. The minimum atomic E-state index is -0.763. The van der Waals surface area contributed by atoms with Gasteiger partial charge in [0.1, 0.15) is 17.4 Å². The van der Waals surface area contributed by atoms with E-state index < -0.39 is 6.10 Å². The quantitative estimate of drug-likeness (QED) is 0.780. The first kappa shape index (κ1) is 12.8. The van der Waals surface area contributed by atoms with Crippen LogP contribution < -0.4 is 4.74 Å². The topological polar surface area (TPSA) is 42.6 Å². The van der Waals surface area contributed by atoms with Gasteiger partial charge in [-0.15, -0.1) is 0 Å². The van der Waals surface area contributed by atoms with E-state index in [4.69, 9.17) is 9.15 Å². The summed E-state index contributed by atoms with van der Waals surface area (Å²) in [7, 11) is 0. The molecule has 2 aromatic carbocycles. The predicted octanol–water partition coefficient (Wildman–Crippen LogP) is 3.91. The molecular formula is C17H16O3. The number of hydrogen-bond donors (Lipinski definition) is 1. The maximum Gasteiger partial charge on any atom is 0.134 e. The number of furan rings is 1. The lowest BCUT2D eigenvalue weighted by Gasteiger charge is -2.14. The van der Waals surface area contributed by atoms with Gasteiger partial charge >= 0.3 is 0 Å². The molecule has 0 amide bonds. The van der Waals surface area contributed by atoms with E-state index in [-0.39, 0.29) is 0 Å². The molecule has 1 atom stereocenters. The summed E-state index contributed by atoms with van der Waals surface area (Å²) in [5.74, 6) is 0.702. The monoisotopic (exact) mass is 268 g/mol. The standard InChI is InChI=1S/C17H16O3/c1-2-19-16-10-6-4-8-13(16)17(18)14-11-20-15-9-5-3-7-12(14)15/h3-11,17-18H,2H2,1H3. The Labute approximate surface area is 117 Å². The fraction of sp³-hybridized carbons (Fsp3) is 0.176. The number of aliphatic hydroxyl groups is 1. The molecule has 0 aliphatic heterocycles. The van der Waals surface area contributed by atoms with Crippen LogP contribution >= 0.6 is 0 Å². The van der Waals surface area contributed by atoms with Crippen LogP contribution in [-0.4, -0.2) is 11.7 Å². The number of para-hydroxylation sites is 2. The van der Waals surface area contributed by atoms with Gasteiger partial charge in [-0.1, -0.05) is 36.4 Å². The maximum absolute atomic E-state index is 10.6. The molecule has 0 saturated carbocycles. The summed E-state index contributed by atoms with van der Waals surface area (Å²) < 4.78 is 11.1. The Morgan fingerprint density at radius 2 is 1.80 bits per heavy atom. The molecule has 3 heteroatoms. The van der Waals surface area contributed by atoms with Crippen molar-refractivity contribution in [2.75, 3.05) is 6.61 Å². The fourth-order valence-corrected chi connectivity index (χ4v) is 2.37. The lowest BCUT2D eigenvalue weighted by atomic mass is 10.00. The van der Waals surface area contributed by atoms with Gasteiger partial charge in [-0.3, -0.25) is 0 Å². The van der Waals surface area contributed by atoms with Crippen LogP contribution in [0.25, 0.3) is 11.0 Å². The molecule has 3 aromatic rings. The van der Waals surface area contributed by atoms with Gasteiger partial charge in [-0.25, -0.2) is 0 Å². The highest BCUT2D eigenvalue weighted by Gasteiger charge is 2.19. The minimum Gasteiger partial charge on any atom is -0.493 e. The highest BCUT2D eigenvalue weighted by atomic mass is 16.5. The number of benzene rings is 2. The van der Waals surface area contributed by atoms with Crippen molar-refractivity contribution in [3.05, 3.63) is 65.9 Å². The van der Waals surface area contributed by atoms with Gasteiger partial charge in [0, 0.05) is 16.5 Å². The molecular weight excluding hydrogens is 252 g/mol. The highest BCUT2D eigenvalue weighted by molar-refractivity contribution is 5.81. The third-order valence-corrected chi connectivity index (χ3v) is 3.32. The molecule has 0 aliphatic rings. The zero-order valence-electron chi connectivity index (χ0n) is 11.2. The van der Waals surface area contributed by atoms with E-state index in [0.29, 0.717) is 12.4 Å². The molecule has 20 heavy (non-hydrogen) atoms. The first-order valence-corrected chi connectivity index (χ1v) is 6.67. The molecule has 102 valence electrons. The molecule has 3 rings (SSSR count). The fourth-order valence-electron chi connectivity index (χ4n) is 2.37. The molecule has 0 aliphatic carbocycles. The molecule has 3 nitrogen and oxygen atoms in total. The minimum absolute atomic E-state index is 0.565. The second kappa shape index (κ2) is 5.39. The Balaban J connectivity index is 2.06. The van der Waals surface area contributed by atoms with Crippen LogP contribution in [0.2, 0.25) is 0 Å². The van der Waals surface area contributed by atoms with Crippen molar-refractivity contribution in [1.29, 1.82) is 0 Å². The third kappa shape index (κ3) is 2.17. The summed E-state index contributed by atoms with van der Waals surface area (Å²) in [5, 5.41) is 11.6. The second-order valence-electron chi connectivity index (χ2n) is 4.56. The normalized spacial score (nSPS) is 12.5. The lowest BCUT2D eigenvalue weighted by molar-refractivity contribution is 0.212. The van der Waals surface area contributed by atoms with Crippen LogP contribution in [0.4, 0.5) is 0 Å². The lowest BCUT2D eigenvalue weighted by Crippen LogP contribution is -2.03. The van der Waals surface area contributed by atoms with Crippen LogP contribution in [0.5, 0.6) is 5.75 Å². The van der Waals surface area contributed by atoms with E-state index >= 15 is 0 Å². The zero-order chi connectivity index (χ0) is 13.9. The second-order valence-corrected chi connectivity index (χ2v) is 4.56. The van der Waals surface area contributed by atoms with Crippen LogP contribution in [0, 0.1) is 0 Å². The van der Waals surface area contributed by atoms with E-state index in [1.807, 2.05) is 55.5 Å². The number of rotatable bonds is 4. The Hall–Kier alpha value is -2.26. The van der Waals surface area contributed by atoms with Crippen molar-refractivity contribution >= 4 is 11.0 Å². The Bertz CT molecular complexity index is 715. The SMILES string of the molecule is CCOc1ccccc1C(O)c1coc2ccccc12. The van der Waals surface area contributed by atoms with Crippen molar-refractivity contribution in [2.45, 2.75) is 13.0 Å². The summed E-state index contributed by atoms with van der Waals surface area (Å²) in [4.78, 5) is 0. The van der Waals surface area contributed by atoms with E-state index in [9.17, 15) is 5.11 Å². The molecule has 0 spiro atoms. The number of aliphatic hydroxyl groups excluding tert-OH is 1. The molecule has 0 bridgehead atoms. The van der Waals surface area contributed by atoms with Gasteiger partial charge in [-0.05, 0) is 19.1 Å². The Morgan fingerprint density at radius 1 is 1.05 bits per heavy atom. The van der Waals surface area contributed by atoms with Gasteiger partial charge in [0.2, 0.25) is 0 Å². The zero-order valence-corrected chi connectivity index (χ0v) is 11.2. The number of hydrogen-bond acceptors (Lipinski definition) is 3. The molecule has 0 saturated heterocycles. The van der Waals surface area contributed by atoms with Crippen molar-refractivity contribution < 1.29 is 14.3 Å². The molecule has 0 fully saturated rings. The predicted molar refractivity (Wildman–Crippen MR) is 77.9 cm³/mol. The first-order valence-electron chi connectivity index (χ1n) is 6.67. The van der Waals surface area contributed by atoms with Crippen molar-refractivity contribution in [2.24, 2.45) is 0 Å². The average molecular weight is 268 g/mol. The van der Waals surface area contributed by atoms with Crippen molar-refractivity contribution in [3.63, 3.8) is 0 Å². The largest absolute Gasteiger partial charge is 0.493 e. The van der Waals surface area contributed by atoms with Gasteiger partial charge in [-0.2, -0.15) is 0 Å². The van der Waals surface area contributed by atoms with Gasteiger partial charge in [0.05, 0.1) is 12.9 Å². The van der Waals surface area contributed by atoms with Crippen molar-refractivity contribution in [3.8, 4) is 5.75 Å². The average Bonchev–Trinajstić information content (AvgIpc) is 2.91. The van der Waals surface area contributed by atoms with E-state index in [1.165, 1.54) is 0 Å². The summed E-state index contributed by atoms with van der Waals surface area (Å²) in [6, 6.07) is 15.2. The summed E-state index contributed by atoms with van der Waals surface area (Å²) >= 11 is 0. The first-order chi connectivity index (χ1) is 9.81. The van der Waals surface area contributed by atoms with Crippen LogP contribution in [0.15, 0.2) is 59.2 Å². The van der Waals surface area contributed by atoms with E-state index in [1.54, 1.807) is 6.26 Å². The van der Waals surface area contributed by atoms with E-state index in [0.717, 1.165) is 22.1 Å². The van der Waals surface area contributed by atoms with Crippen molar-refractivity contribution in [1.82, 2.24) is 0 Å². The Kier molecular flexibility index (Phi) is 3.44. The molecule has 1 heterocycles. The van der Waals surface area contributed by atoms with Crippen LogP contribution in [0.1, 0.15) is 24.2 Å². The van der Waals surface area contributed by atoms with Gasteiger partial charge in [0.15, 0.2) is 0 Å². The van der Waals surface area contributed by atoms with E-state index in [2.05, 4.69) is 0 Å². The number of fused-ring (bicyclic) bond motifs is 1. The highest BCUT2D eigenvalue weighted by Crippen LogP contribution is 2.34. The number of ether oxygens (including phenoxy) is 1. The van der Waals surface area contributed by atoms with Gasteiger partial charge in [0.25, 0.3) is 0 Å². The Morgan fingerprint density at radius 3 is 2.65 bits per heavy atom. The third-order valence-electron chi connectivity index (χ3n) is 3.32. The molecule has 1 aromatic heterocycles. The molecule has 1 unspecified atom stereocenters. The van der Waals surface area contributed by atoms with Crippen LogP contribution in [0.3, 0.4) is 0 Å². The molecule has 0 radical (unpaired) electrons. The van der Waals surface area contributed by atoms with Crippen LogP contribution in [-0.2, 0) is 0 Å². The molecule has 1 N–H and O–H groups in total. The smallest absolute Gasteiger partial charge is 0.134 e. The summed E-state index contributed by atoms with van der Waals surface area (Å²) in [5.41, 5.74) is 2.28. The maximum atomic E-state index is 10.6.